The van der Waals surface area contributed by atoms with Crippen LogP contribution in [-0.4, -0.2) is 119 Å². The summed E-state index contributed by atoms with van der Waals surface area (Å²) in [6.07, 6.45) is 1.90. The highest BCUT2D eigenvalue weighted by atomic mass is 16.1. The van der Waals surface area contributed by atoms with E-state index in [9.17, 15) is 0 Å². The maximum absolute atomic E-state index is 15.8. The molecule has 9 heteroatoms. The van der Waals surface area contributed by atoms with Crippen LogP contribution in [0.25, 0.3) is 0 Å². The van der Waals surface area contributed by atoms with Gasteiger partial charge >= 0.3 is 0 Å². The van der Waals surface area contributed by atoms with Gasteiger partial charge in [-0.2, -0.15) is 0 Å². The van der Waals surface area contributed by atoms with Crippen LogP contribution in [0.2, 0.25) is 0 Å². The molecule has 0 saturated carbocycles. The number of nitrogens with one attached hydrogen (secondary N) is 2. The maximum Gasteiger partial charge on any atom is 0.180 e. The molecule has 0 amide bonds. The minimum atomic E-state index is -0.265. The molecule has 0 spiro atoms. The van der Waals surface area contributed by atoms with Gasteiger partial charge in [0.15, 0.2) is 5.78 Å². The van der Waals surface area contributed by atoms with Gasteiger partial charge in [0.2, 0.25) is 0 Å². The molecule has 2 fully saturated rings. The van der Waals surface area contributed by atoms with Gasteiger partial charge in [0.1, 0.15) is 12.1 Å². The number of anilines is 6. The molecule has 0 aromatic heterocycles. The third-order valence-corrected chi connectivity index (χ3v) is 12.2. The van der Waals surface area contributed by atoms with E-state index >= 15 is 4.79 Å². The molecule has 0 radical (unpaired) electrons. The first-order valence-corrected chi connectivity index (χ1v) is 20.1. The number of fused-ring (bicyclic) bond motifs is 2. The number of hydrogen-bond acceptors (Lipinski definition) is 9. The lowest BCUT2D eigenvalue weighted by atomic mass is 9.98. The van der Waals surface area contributed by atoms with Gasteiger partial charge in [-0.05, 0) is 86.3 Å². The molecule has 4 heterocycles. The van der Waals surface area contributed by atoms with E-state index in [0.717, 1.165) is 101 Å². The summed E-state index contributed by atoms with van der Waals surface area (Å²) in [5, 5.41) is 7.26. The lowest BCUT2D eigenvalue weighted by Gasteiger charge is -2.42. The highest BCUT2D eigenvalue weighted by Gasteiger charge is 2.41. The predicted octanol–water partition coefficient (Wildman–Crippen LogP) is 5.54. The van der Waals surface area contributed by atoms with Gasteiger partial charge in [-0.1, -0.05) is 48.5 Å². The van der Waals surface area contributed by atoms with E-state index in [-0.39, 0.29) is 12.1 Å². The zero-order chi connectivity index (χ0) is 37.2. The topological polar surface area (TPSA) is 60.6 Å². The van der Waals surface area contributed by atoms with E-state index in [4.69, 9.17) is 0 Å². The first-order chi connectivity index (χ1) is 26.3. The lowest BCUT2D eigenvalue weighted by molar-refractivity contribution is -0.122. The number of hydrogen-bond donors (Lipinski definition) is 2. The van der Waals surface area contributed by atoms with Gasteiger partial charge < -0.3 is 30.2 Å². The van der Waals surface area contributed by atoms with Crippen molar-refractivity contribution in [2.24, 2.45) is 0 Å². The van der Waals surface area contributed by atoms with Crippen LogP contribution in [0.15, 0.2) is 97.1 Å². The van der Waals surface area contributed by atoms with Crippen LogP contribution < -0.4 is 30.2 Å². The number of benzene rings is 4. The average molecular weight is 727 g/mol. The van der Waals surface area contributed by atoms with E-state index in [0.29, 0.717) is 17.9 Å². The van der Waals surface area contributed by atoms with Crippen LogP contribution in [0.4, 0.5) is 34.1 Å². The Morgan fingerprint density at radius 1 is 0.611 bits per heavy atom. The minimum absolute atomic E-state index is 0.265. The number of nitrogens with zero attached hydrogens (tertiary/aromatic N) is 6. The maximum atomic E-state index is 15.8. The van der Waals surface area contributed by atoms with Crippen LogP contribution in [0.5, 0.6) is 0 Å². The number of carbonyl (C=O) groups is 1. The second-order valence-electron chi connectivity index (χ2n) is 16.0. The Kier molecular flexibility index (Phi) is 10.9. The molecule has 9 nitrogen and oxygen atoms in total. The molecule has 4 aromatic rings. The van der Waals surface area contributed by atoms with E-state index in [2.05, 4.69) is 165 Å². The second kappa shape index (κ2) is 16.1. The Morgan fingerprint density at radius 2 is 1.04 bits per heavy atom. The first-order valence-electron chi connectivity index (χ1n) is 20.1. The van der Waals surface area contributed by atoms with Crippen LogP contribution in [0, 0.1) is 0 Å². The Balaban J connectivity index is 1.16. The Bertz CT molecular complexity index is 1750. The molecule has 4 atom stereocenters. The number of ketones is 1. The summed E-state index contributed by atoms with van der Waals surface area (Å²) in [6.45, 7) is 13.4. The fourth-order valence-electron chi connectivity index (χ4n) is 9.20. The van der Waals surface area contributed by atoms with Gasteiger partial charge in [-0.15, -0.1) is 0 Å². The molecule has 4 aromatic carbocycles. The van der Waals surface area contributed by atoms with Crippen molar-refractivity contribution < 1.29 is 4.79 Å². The number of para-hydroxylation sites is 2. The van der Waals surface area contributed by atoms with Crippen molar-refractivity contribution in [1.82, 2.24) is 20.4 Å². The third kappa shape index (κ3) is 7.73. The first kappa shape index (κ1) is 36.6. The number of rotatable bonds is 12. The molecule has 2 N–H and O–H groups in total. The van der Waals surface area contributed by atoms with Gasteiger partial charge in [-0.3, -0.25) is 14.6 Å². The Labute approximate surface area is 322 Å². The lowest BCUT2D eigenvalue weighted by Crippen LogP contribution is -2.61. The van der Waals surface area contributed by atoms with Crippen molar-refractivity contribution in [2.75, 3.05) is 99.1 Å². The quantitative estimate of drug-likeness (QED) is 0.196. The fourth-order valence-corrected chi connectivity index (χ4v) is 9.20. The van der Waals surface area contributed by atoms with Gasteiger partial charge in [0.25, 0.3) is 0 Å². The van der Waals surface area contributed by atoms with Crippen LogP contribution in [0.1, 0.15) is 25.0 Å². The van der Waals surface area contributed by atoms with Crippen LogP contribution in [-0.2, 0) is 17.6 Å². The van der Waals surface area contributed by atoms with E-state index in [1.165, 1.54) is 22.5 Å². The fraction of sp³-hybridized carbons (Fsp3) is 0.444. The largest absolute Gasteiger partial charge is 0.359 e. The third-order valence-electron chi connectivity index (χ3n) is 12.2. The van der Waals surface area contributed by atoms with Gasteiger partial charge in [0, 0.05) is 126 Å². The van der Waals surface area contributed by atoms with Crippen molar-refractivity contribution in [1.29, 1.82) is 0 Å². The molecular weight excluding hydrogens is 669 g/mol. The number of piperazine rings is 2. The molecule has 0 bridgehead atoms. The zero-order valence-electron chi connectivity index (χ0n) is 32.6. The molecule has 2 unspecified atom stereocenters. The standard InChI is InChI=1S/C45H58N8O/c1-33-29-50(25-21-46-33)31-43(52-23-19-35-15-17-39(27-41(35)52)48(3)37-11-7-5-8-12-37)45(54)44(32-51-26-22-47-34(2)30-51)53-24-20-36-16-18-40(28-42(36)53)49(4)38-13-9-6-10-14-38/h5-18,27-28,33-34,43-44,46-47H,19-26,29-32H2,1-4H3/t33-,34-,43?,44?/m1/s1. The second-order valence-corrected chi connectivity index (χ2v) is 16.0. The van der Waals surface area contributed by atoms with E-state index < -0.39 is 0 Å². The molecule has 4 aliphatic heterocycles. The molecule has 2 saturated heterocycles. The number of carbonyl (C=O) groups excluding carboxylic acids is 1. The van der Waals surface area contributed by atoms with Crippen LogP contribution >= 0.6 is 0 Å². The summed E-state index contributed by atoms with van der Waals surface area (Å²) in [7, 11) is 4.28. The highest BCUT2D eigenvalue weighted by Crippen LogP contribution is 2.39. The van der Waals surface area contributed by atoms with Crippen molar-refractivity contribution in [3.8, 4) is 0 Å². The zero-order valence-corrected chi connectivity index (χ0v) is 32.6. The molecule has 0 aliphatic carbocycles. The van der Waals surface area contributed by atoms with Crippen molar-refractivity contribution >= 4 is 39.9 Å². The SMILES string of the molecule is C[C@@H]1CN(CC(C(=O)C(CN2CCN[C@H](C)C2)N2CCc3ccc(N(C)c4ccccc4)cc32)N2CCc3ccc(N(C)c4ccccc4)cc32)CCN1. The van der Waals surface area contributed by atoms with Crippen molar-refractivity contribution in [3.05, 3.63) is 108 Å². The molecule has 284 valence electrons. The predicted molar refractivity (Wildman–Crippen MR) is 224 cm³/mol. The van der Waals surface area contributed by atoms with Crippen molar-refractivity contribution in [2.45, 2.75) is 50.9 Å². The normalized spacial score (nSPS) is 21.4. The smallest absolute Gasteiger partial charge is 0.180 e. The van der Waals surface area contributed by atoms with Gasteiger partial charge in [0.05, 0.1) is 0 Å². The van der Waals surface area contributed by atoms with E-state index in [1.807, 2.05) is 0 Å². The van der Waals surface area contributed by atoms with Crippen molar-refractivity contribution in [3.63, 3.8) is 0 Å². The summed E-state index contributed by atoms with van der Waals surface area (Å²) in [5.41, 5.74) is 9.67. The molecule has 54 heavy (non-hydrogen) atoms. The molecular formula is C45H58N8O. The van der Waals surface area contributed by atoms with Crippen LogP contribution in [0.3, 0.4) is 0 Å². The average Bonchev–Trinajstić information content (AvgIpc) is 3.83. The highest BCUT2D eigenvalue weighted by molar-refractivity contribution is 5.96. The summed E-state index contributed by atoms with van der Waals surface area (Å²) >= 11 is 0. The Morgan fingerprint density at radius 3 is 1.44 bits per heavy atom. The summed E-state index contributed by atoms with van der Waals surface area (Å²) in [4.78, 5) is 30.4. The van der Waals surface area contributed by atoms with E-state index in [1.54, 1.807) is 0 Å². The molecule has 4 aliphatic rings. The minimum Gasteiger partial charge on any atom is -0.359 e. The Hall–Kier alpha value is -4.41. The van der Waals surface area contributed by atoms with Gasteiger partial charge in [-0.25, -0.2) is 0 Å². The monoisotopic (exact) mass is 726 g/mol. The molecule has 8 rings (SSSR count). The summed E-state index contributed by atoms with van der Waals surface area (Å²) < 4.78 is 0. The summed E-state index contributed by atoms with van der Waals surface area (Å²) in [6, 6.07) is 35.1. The summed E-state index contributed by atoms with van der Waals surface area (Å²) in [5.74, 6) is 0.344. The number of Topliss-reactive ketones (excluding diaryl/α,β-unsaturated/α-hetero) is 1.